The first-order valence-electron chi connectivity index (χ1n) is 5.64. The summed E-state index contributed by atoms with van der Waals surface area (Å²) in [5.41, 5.74) is -1.48. The van der Waals surface area contributed by atoms with Gasteiger partial charge in [0, 0.05) is 17.3 Å². The average molecular weight is 366 g/mol. The van der Waals surface area contributed by atoms with Gasteiger partial charge in [-0.3, -0.25) is 9.59 Å². The van der Waals surface area contributed by atoms with Gasteiger partial charge in [0.15, 0.2) is 0 Å². The molecule has 21 heavy (non-hydrogen) atoms. The van der Waals surface area contributed by atoms with Gasteiger partial charge in [-0.1, -0.05) is 15.9 Å². The molecule has 2 amide bonds. The summed E-state index contributed by atoms with van der Waals surface area (Å²) in [4.78, 5) is 38.9. The van der Waals surface area contributed by atoms with Crippen molar-refractivity contribution in [3.63, 3.8) is 0 Å². The maximum absolute atomic E-state index is 12.6. The quantitative estimate of drug-likeness (QED) is 0.756. The topological polar surface area (TPSA) is 63.7 Å². The minimum Gasteiger partial charge on any atom is -0.325 e. The van der Waals surface area contributed by atoms with E-state index in [2.05, 4.69) is 20.8 Å². The molecule has 0 atom stereocenters. The van der Waals surface area contributed by atoms with Crippen molar-refractivity contribution in [3.05, 3.63) is 33.8 Å². The first-order chi connectivity index (χ1) is 9.68. The molecule has 1 heterocycles. The fourth-order valence-electron chi connectivity index (χ4n) is 1.66. The first kappa shape index (κ1) is 15.5. The number of hydrogen-bond acceptors (Lipinski definition) is 4. The van der Waals surface area contributed by atoms with E-state index in [1.165, 1.54) is 0 Å². The van der Waals surface area contributed by atoms with Gasteiger partial charge in [-0.05, 0) is 18.2 Å². The minimum atomic E-state index is -4.64. The van der Waals surface area contributed by atoms with Crippen LogP contribution in [0.2, 0.25) is 0 Å². The molecule has 0 aromatic heterocycles. The molecular weight excluding hydrogens is 359 g/mol. The summed E-state index contributed by atoms with van der Waals surface area (Å²) >= 11 is 2.85. The monoisotopic (exact) mass is 365 g/mol. The molecule has 1 aliphatic rings. The standard InChI is InChI=1S/C12H7BrF3NO4/c13-8-4-6(3-7(5-8)12(14,15)16)11(20)21-17-9(18)1-2-10(17)19/h3-5H,1-2H2. The van der Waals surface area contributed by atoms with Crippen LogP contribution >= 0.6 is 15.9 Å². The molecule has 0 aliphatic carbocycles. The van der Waals surface area contributed by atoms with Crippen molar-refractivity contribution in [1.29, 1.82) is 0 Å². The molecule has 5 nitrogen and oxygen atoms in total. The van der Waals surface area contributed by atoms with Crippen molar-refractivity contribution in [2.24, 2.45) is 0 Å². The van der Waals surface area contributed by atoms with Crippen LogP contribution in [0.3, 0.4) is 0 Å². The summed E-state index contributed by atoms with van der Waals surface area (Å²) < 4.78 is 38.0. The van der Waals surface area contributed by atoms with E-state index in [4.69, 9.17) is 0 Å². The number of carbonyl (C=O) groups is 3. The zero-order chi connectivity index (χ0) is 15.8. The molecule has 1 aromatic carbocycles. The second-order valence-corrected chi connectivity index (χ2v) is 5.10. The van der Waals surface area contributed by atoms with Crippen LogP contribution in [0.1, 0.15) is 28.8 Å². The molecule has 2 rings (SSSR count). The number of carbonyl (C=O) groups excluding carboxylic acids is 3. The van der Waals surface area contributed by atoms with Crippen LogP contribution in [0, 0.1) is 0 Å². The largest absolute Gasteiger partial charge is 0.416 e. The highest BCUT2D eigenvalue weighted by Gasteiger charge is 2.35. The van der Waals surface area contributed by atoms with Crippen molar-refractivity contribution in [2.75, 3.05) is 0 Å². The lowest BCUT2D eigenvalue weighted by molar-refractivity contribution is -0.172. The van der Waals surface area contributed by atoms with Gasteiger partial charge >= 0.3 is 12.1 Å². The van der Waals surface area contributed by atoms with Crippen molar-refractivity contribution in [2.45, 2.75) is 19.0 Å². The van der Waals surface area contributed by atoms with E-state index in [1.54, 1.807) is 0 Å². The number of imide groups is 1. The van der Waals surface area contributed by atoms with Crippen LogP contribution in [-0.4, -0.2) is 22.8 Å². The molecule has 1 saturated heterocycles. The number of halogens is 4. The second-order valence-electron chi connectivity index (χ2n) is 4.19. The Morgan fingerprint density at radius 3 is 2.24 bits per heavy atom. The number of nitrogens with zero attached hydrogens (tertiary/aromatic N) is 1. The molecule has 1 aliphatic heterocycles. The van der Waals surface area contributed by atoms with Crippen molar-refractivity contribution < 1.29 is 32.4 Å². The van der Waals surface area contributed by atoms with E-state index >= 15 is 0 Å². The van der Waals surface area contributed by atoms with Gasteiger partial charge in [-0.15, -0.1) is 5.06 Å². The lowest BCUT2D eigenvalue weighted by Crippen LogP contribution is -2.32. The number of amides is 2. The van der Waals surface area contributed by atoms with E-state index in [0.717, 1.165) is 12.1 Å². The van der Waals surface area contributed by atoms with Gasteiger partial charge in [-0.25, -0.2) is 4.79 Å². The van der Waals surface area contributed by atoms with Gasteiger partial charge in [0.1, 0.15) is 0 Å². The third kappa shape index (κ3) is 3.41. The zero-order valence-electron chi connectivity index (χ0n) is 10.2. The smallest absolute Gasteiger partial charge is 0.325 e. The second kappa shape index (κ2) is 5.47. The van der Waals surface area contributed by atoms with Gasteiger partial charge in [-0.2, -0.15) is 13.2 Å². The third-order valence-corrected chi connectivity index (χ3v) is 3.10. The van der Waals surface area contributed by atoms with Gasteiger partial charge in [0.05, 0.1) is 11.1 Å². The number of hydroxylamine groups is 2. The van der Waals surface area contributed by atoms with E-state index in [1.807, 2.05) is 0 Å². The summed E-state index contributed by atoms with van der Waals surface area (Å²) in [5, 5.41) is 0.274. The molecule has 0 unspecified atom stereocenters. The van der Waals surface area contributed by atoms with Crippen LogP contribution < -0.4 is 0 Å². The number of rotatable bonds is 2. The highest BCUT2D eigenvalue weighted by Crippen LogP contribution is 2.32. The molecule has 1 fully saturated rings. The molecule has 9 heteroatoms. The maximum Gasteiger partial charge on any atom is 0.416 e. The maximum atomic E-state index is 12.6. The molecule has 112 valence electrons. The molecule has 0 bridgehead atoms. The fraction of sp³-hybridized carbons (Fsp3) is 0.250. The predicted molar refractivity (Wildman–Crippen MR) is 65.6 cm³/mol. The van der Waals surface area contributed by atoms with Gasteiger partial charge in [0.2, 0.25) is 0 Å². The Morgan fingerprint density at radius 1 is 1.14 bits per heavy atom. The van der Waals surface area contributed by atoms with Crippen LogP contribution in [0.15, 0.2) is 22.7 Å². The number of benzene rings is 1. The summed E-state index contributed by atoms with van der Waals surface area (Å²) in [6.07, 6.45) is -4.84. The highest BCUT2D eigenvalue weighted by atomic mass is 79.9. The Kier molecular flexibility index (Phi) is 4.04. The van der Waals surface area contributed by atoms with Gasteiger partial charge < -0.3 is 4.84 Å². The molecular formula is C12H7BrF3NO4. The average Bonchev–Trinajstić information content (AvgIpc) is 2.68. The van der Waals surface area contributed by atoms with E-state index < -0.39 is 35.1 Å². The Morgan fingerprint density at radius 2 is 1.71 bits per heavy atom. The Labute approximate surface area is 124 Å². The van der Waals surface area contributed by atoms with E-state index in [0.29, 0.717) is 6.07 Å². The van der Waals surface area contributed by atoms with Crippen LogP contribution in [0.5, 0.6) is 0 Å². The minimum absolute atomic E-state index is 0.0170. The predicted octanol–water partition coefficient (Wildman–Crippen LogP) is 2.69. The summed E-state index contributed by atoms with van der Waals surface area (Å²) in [7, 11) is 0. The Balaban J connectivity index is 2.25. The van der Waals surface area contributed by atoms with E-state index in [-0.39, 0.29) is 22.4 Å². The SMILES string of the molecule is O=C(ON1C(=O)CCC1=O)c1cc(Br)cc(C(F)(F)F)c1. The lowest BCUT2D eigenvalue weighted by Gasteiger charge is -2.14. The highest BCUT2D eigenvalue weighted by molar-refractivity contribution is 9.10. The number of alkyl halides is 3. The van der Waals surface area contributed by atoms with Crippen molar-refractivity contribution in [1.82, 2.24) is 5.06 Å². The van der Waals surface area contributed by atoms with E-state index in [9.17, 15) is 27.6 Å². The number of hydrogen-bond donors (Lipinski definition) is 0. The third-order valence-electron chi connectivity index (χ3n) is 2.64. The summed E-state index contributed by atoms with van der Waals surface area (Å²) in [5.74, 6) is -2.64. The molecule has 0 N–H and O–H groups in total. The van der Waals surface area contributed by atoms with Crippen LogP contribution in [0.4, 0.5) is 13.2 Å². The summed E-state index contributed by atoms with van der Waals surface area (Å²) in [6, 6.07) is 2.48. The lowest BCUT2D eigenvalue weighted by atomic mass is 10.1. The Bertz CT molecular complexity index is 613. The molecule has 0 spiro atoms. The van der Waals surface area contributed by atoms with Crippen molar-refractivity contribution in [3.8, 4) is 0 Å². The zero-order valence-corrected chi connectivity index (χ0v) is 11.8. The van der Waals surface area contributed by atoms with Crippen LogP contribution in [0.25, 0.3) is 0 Å². The summed E-state index contributed by atoms with van der Waals surface area (Å²) in [6.45, 7) is 0. The van der Waals surface area contributed by atoms with Gasteiger partial charge in [0.25, 0.3) is 11.8 Å². The Hall–Kier alpha value is -1.90. The molecule has 1 aromatic rings. The molecule has 0 radical (unpaired) electrons. The van der Waals surface area contributed by atoms with Crippen molar-refractivity contribution >= 4 is 33.7 Å². The molecule has 0 saturated carbocycles. The normalized spacial score (nSPS) is 15.5. The first-order valence-corrected chi connectivity index (χ1v) is 6.43. The fourth-order valence-corrected chi connectivity index (χ4v) is 2.16. The van der Waals surface area contributed by atoms with Crippen LogP contribution in [-0.2, 0) is 20.6 Å².